The summed E-state index contributed by atoms with van der Waals surface area (Å²) in [4.78, 5) is 0.105. The second-order valence-electron chi connectivity index (χ2n) is 6.25. The van der Waals surface area contributed by atoms with Crippen molar-refractivity contribution in [2.45, 2.75) is 30.8 Å². The van der Waals surface area contributed by atoms with Crippen molar-refractivity contribution in [3.05, 3.63) is 36.0 Å². The summed E-state index contributed by atoms with van der Waals surface area (Å²) in [5.74, 6) is 1.21. The number of nitrogens with zero attached hydrogens (tertiary/aromatic N) is 3. The summed E-state index contributed by atoms with van der Waals surface area (Å²) in [7, 11) is -0.752. The zero-order valence-electron chi connectivity index (χ0n) is 15.6. The van der Waals surface area contributed by atoms with E-state index < -0.39 is 10.0 Å². The maximum absolute atomic E-state index is 13.1. The number of ether oxygens (including phenoxy) is 3. The van der Waals surface area contributed by atoms with Gasteiger partial charge in [0.15, 0.2) is 0 Å². The number of piperidine rings is 1. The van der Waals surface area contributed by atoms with E-state index >= 15 is 0 Å². The zero-order valence-corrected chi connectivity index (χ0v) is 16.4. The summed E-state index contributed by atoms with van der Waals surface area (Å²) in [5, 5.41) is 7.96. The molecule has 1 aromatic carbocycles. The third-order valence-electron chi connectivity index (χ3n) is 4.45. The van der Waals surface area contributed by atoms with Crippen LogP contribution in [0.2, 0.25) is 0 Å². The number of methoxy groups -OCH3 is 2. The van der Waals surface area contributed by atoms with Crippen molar-refractivity contribution in [3.63, 3.8) is 0 Å². The van der Waals surface area contributed by atoms with Gasteiger partial charge in [0.25, 0.3) is 0 Å². The molecule has 1 aliphatic heterocycles. The van der Waals surface area contributed by atoms with Crippen molar-refractivity contribution in [2.24, 2.45) is 0 Å². The van der Waals surface area contributed by atoms with Crippen LogP contribution in [-0.4, -0.2) is 56.3 Å². The fraction of sp³-hybridized carbons (Fsp3) is 0.444. The van der Waals surface area contributed by atoms with Gasteiger partial charge in [-0.15, -0.1) is 5.10 Å². The normalized spacial score (nSPS) is 16.1. The molecule has 1 aliphatic rings. The summed E-state index contributed by atoms with van der Waals surface area (Å²) in [6, 6.07) is 8.35. The quantitative estimate of drug-likeness (QED) is 0.742. The number of aromatic nitrogens is 2. The van der Waals surface area contributed by atoms with E-state index in [1.165, 1.54) is 24.6 Å². The molecule has 0 radical (unpaired) electrons. The Hall–Kier alpha value is -2.39. The Labute approximate surface area is 159 Å². The molecule has 146 valence electrons. The fourth-order valence-corrected chi connectivity index (χ4v) is 4.58. The minimum atomic E-state index is -3.69. The van der Waals surface area contributed by atoms with E-state index in [1.54, 1.807) is 18.2 Å². The molecule has 2 aromatic rings. The van der Waals surface area contributed by atoms with Crippen LogP contribution in [0.1, 0.15) is 18.5 Å². The van der Waals surface area contributed by atoms with E-state index in [2.05, 4.69) is 10.2 Å². The highest BCUT2D eigenvalue weighted by Gasteiger charge is 2.32. The summed E-state index contributed by atoms with van der Waals surface area (Å²) in [6.07, 6.45) is 1.04. The average molecular weight is 393 g/mol. The molecule has 0 spiro atoms. The molecule has 0 atom stereocenters. The molecule has 1 aromatic heterocycles. The summed E-state index contributed by atoms with van der Waals surface area (Å²) < 4.78 is 43.8. The van der Waals surface area contributed by atoms with Crippen molar-refractivity contribution < 1.29 is 22.6 Å². The third kappa shape index (κ3) is 4.30. The van der Waals surface area contributed by atoms with Gasteiger partial charge >= 0.3 is 0 Å². The molecular weight excluding hydrogens is 370 g/mol. The molecule has 1 fully saturated rings. The molecule has 2 heterocycles. The molecule has 27 heavy (non-hydrogen) atoms. The lowest BCUT2D eigenvalue weighted by Gasteiger charge is -2.31. The van der Waals surface area contributed by atoms with E-state index in [9.17, 15) is 8.42 Å². The Morgan fingerprint density at radius 1 is 1.04 bits per heavy atom. The first-order valence-electron chi connectivity index (χ1n) is 8.63. The van der Waals surface area contributed by atoms with Crippen LogP contribution >= 0.6 is 0 Å². The first-order valence-corrected chi connectivity index (χ1v) is 10.1. The number of hydrogen-bond donors (Lipinski definition) is 0. The number of hydrogen-bond acceptors (Lipinski definition) is 7. The van der Waals surface area contributed by atoms with E-state index in [4.69, 9.17) is 14.2 Å². The molecule has 9 heteroatoms. The lowest BCUT2D eigenvalue weighted by atomic mass is 10.1. The van der Waals surface area contributed by atoms with E-state index in [0.717, 1.165) is 5.69 Å². The van der Waals surface area contributed by atoms with Gasteiger partial charge in [-0.3, -0.25) is 0 Å². The maximum Gasteiger partial charge on any atom is 0.246 e. The van der Waals surface area contributed by atoms with Crippen molar-refractivity contribution in [1.82, 2.24) is 14.5 Å². The molecule has 1 saturated heterocycles. The summed E-state index contributed by atoms with van der Waals surface area (Å²) >= 11 is 0. The Kier molecular flexibility index (Phi) is 5.81. The van der Waals surface area contributed by atoms with Crippen molar-refractivity contribution in [2.75, 3.05) is 27.3 Å². The lowest BCUT2D eigenvalue weighted by Crippen LogP contribution is -2.41. The first kappa shape index (κ1) is 19.4. The highest BCUT2D eigenvalue weighted by Crippen LogP contribution is 2.32. The highest BCUT2D eigenvalue weighted by atomic mass is 32.2. The molecule has 3 rings (SSSR count). The highest BCUT2D eigenvalue weighted by molar-refractivity contribution is 7.89. The van der Waals surface area contributed by atoms with Gasteiger partial charge in [-0.25, -0.2) is 8.42 Å². The molecule has 0 aliphatic carbocycles. The average Bonchev–Trinajstić information content (AvgIpc) is 2.69. The van der Waals surface area contributed by atoms with Gasteiger partial charge in [-0.2, -0.15) is 9.40 Å². The molecular formula is C18H23N3O5S. The predicted octanol–water partition coefficient (Wildman–Crippen LogP) is 2.03. The maximum atomic E-state index is 13.1. The number of benzene rings is 1. The van der Waals surface area contributed by atoms with Crippen LogP contribution in [0.3, 0.4) is 0 Å². The Bertz CT molecular complexity index is 878. The smallest absolute Gasteiger partial charge is 0.246 e. The second kappa shape index (κ2) is 8.10. The third-order valence-corrected chi connectivity index (χ3v) is 6.37. The Morgan fingerprint density at radius 2 is 1.78 bits per heavy atom. The van der Waals surface area contributed by atoms with Crippen LogP contribution in [0.4, 0.5) is 0 Å². The first-order chi connectivity index (χ1) is 12.9. The zero-order chi connectivity index (χ0) is 19.4. The van der Waals surface area contributed by atoms with Gasteiger partial charge < -0.3 is 14.2 Å². The van der Waals surface area contributed by atoms with Crippen LogP contribution in [-0.2, 0) is 10.0 Å². The molecule has 0 bridgehead atoms. The molecule has 8 nitrogen and oxygen atoms in total. The van der Waals surface area contributed by atoms with Gasteiger partial charge in [0.2, 0.25) is 15.9 Å². The summed E-state index contributed by atoms with van der Waals surface area (Å²) in [5.41, 5.74) is 0.815. The van der Waals surface area contributed by atoms with Crippen LogP contribution in [0, 0.1) is 6.92 Å². The van der Waals surface area contributed by atoms with Crippen molar-refractivity contribution in [3.8, 4) is 17.4 Å². The van der Waals surface area contributed by atoms with Crippen LogP contribution < -0.4 is 14.2 Å². The van der Waals surface area contributed by atoms with Crippen LogP contribution in [0.5, 0.6) is 17.4 Å². The molecule has 0 N–H and O–H groups in total. The molecule has 0 amide bonds. The Balaban J connectivity index is 1.70. The van der Waals surface area contributed by atoms with Gasteiger partial charge in [0.1, 0.15) is 22.5 Å². The van der Waals surface area contributed by atoms with E-state index in [1.807, 2.05) is 13.0 Å². The van der Waals surface area contributed by atoms with Gasteiger partial charge in [0, 0.05) is 25.2 Å². The van der Waals surface area contributed by atoms with Crippen LogP contribution in [0.25, 0.3) is 0 Å². The standard InChI is InChI=1S/C18H23N3O5S/c1-13-4-7-18(20-19-13)26-14-8-10-21(11-9-14)27(22,23)17-12-15(24-2)5-6-16(17)25-3/h4-7,12,14H,8-11H2,1-3H3. The largest absolute Gasteiger partial charge is 0.497 e. The molecule has 0 saturated carbocycles. The van der Waals surface area contributed by atoms with Gasteiger partial charge in [-0.05, 0) is 38.0 Å². The number of rotatable bonds is 6. The molecule has 0 unspecified atom stereocenters. The number of sulfonamides is 1. The van der Waals surface area contributed by atoms with Gasteiger partial charge in [0.05, 0.1) is 19.9 Å². The van der Waals surface area contributed by atoms with E-state index in [-0.39, 0.29) is 11.0 Å². The van der Waals surface area contributed by atoms with Crippen LogP contribution in [0.15, 0.2) is 35.2 Å². The fourth-order valence-electron chi connectivity index (χ4n) is 2.94. The predicted molar refractivity (Wildman–Crippen MR) is 98.7 cm³/mol. The SMILES string of the molecule is COc1ccc(OC)c(S(=O)(=O)N2CCC(Oc3ccc(C)nn3)CC2)c1. The minimum absolute atomic E-state index is 0.0966. The minimum Gasteiger partial charge on any atom is -0.497 e. The summed E-state index contributed by atoms with van der Waals surface area (Å²) in [6.45, 7) is 2.56. The lowest BCUT2D eigenvalue weighted by molar-refractivity contribution is 0.128. The van der Waals surface area contributed by atoms with Crippen molar-refractivity contribution >= 4 is 10.0 Å². The monoisotopic (exact) mass is 393 g/mol. The van der Waals surface area contributed by atoms with Crippen molar-refractivity contribution in [1.29, 1.82) is 0 Å². The van der Waals surface area contributed by atoms with E-state index in [0.29, 0.717) is 43.3 Å². The second-order valence-corrected chi connectivity index (χ2v) is 8.16. The topological polar surface area (TPSA) is 90.9 Å². The number of aryl methyl sites for hydroxylation is 1. The Morgan fingerprint density at radius 3 is 2.37 bits per heavy atom. The van der Waals surface area contributed by atoms with Gasteiger partial charge in [-0.1, -0.05) is 0 Å².